The van der Waals surface area contributed by atoms with Gasteiger partial charge >= 0.3 is 5.97 Å². The Kier molecular flexibility index (Phi) is 7.40. The van der Waals surface area contributed by atoms with Gasteiger partial charge in [0.05, 0.1) is 17.1 Å². The molecule has 0 saturated carbocycles. The van der Waals surface area contributed by atoms with E-state index in [-0.39, 0.29) is 11.5 Å². The molecule has 0 aliphatic carbocycles. The summed E-state index contributed by atoms with van der Waals surface area (Å²) in [6.45, 7) is 10.5. The predicted molar refractivity (Wildman–Crippen MR) is 124 cm³/mol. The standard InChI is InChI=1S/C23H34N2O5S/c1-22(2,3)29-15-18(21(26)30-23(4,5)6)24-31(27,28)20-14-10-11-16-17(20)12-9-13-19(16)25(7)8/h9-14,18,24H,15H2,1-8H3. The molecule has 172 valence electrons. The van der Waals surface area contributed by atoms with Crippen LogP contribution in [0.4, 0.5) is 5.69 Å². The third-order valence-electron chi connectivity index (χ3n) is 4.30. The Labute approximate surface area is 185 Å². The Hall–Kier alpha value is -2.16. The smallest absolute Gasteiger partial charge is 0.327 e. The first-order valence-corrected chi connectivity index (χ1v) is 11.7. The van der Waals surface area contributed by atoms with Crippen LogP contribution in [-0.4, -0.2) is 52.3 Å². The molecular formula is C23H34N2O5S. The molecule has 0 amide bonds. The highest BCUT2D eigenvalue weighted by atomic mass is 32.2. The number of hydrogen-bond acceptors (Lipinski definition) is 6. The van der Waals surface area contributed by atoms with Crippen molar-refractivity contribution in [3.8, 4) is 0 Å². The van der Waals surface area contributed by atoms with Gasteiger partial charge in [0, 0.05) is 30.6 Å². The van der Waals surface area contributed by atoms with Gasteiger partial charge in [0.25, 0.3) is 0 Å². The summed E-state index contributed by atoms with van der Waals surface area (Å²) < 4.78 is 40.3. The van der Waals surface area contributed by atoms with Crippen LogP contribution in [-0.2, 0) is 24.3 Å². The van der Waals surface area contributed by atoms with Crippen LogP contribution in [0.2, 0.25) is 0 Å². The Morgan fingerprint density at radius 3 is 2.10 bits per heavy atom. The van der Waals surface area contributed by atoms with Crippen LogP contribution in [0.3, 0.4) is 0 Å². The highest BCUT2D eigenvalue weighted by molar-refractivity contribution is 7.89. The highest BCUT2D eigenvalue weighted by Crippen LogP contribution is 2.30. The van der Waals surface area contributed by atoms with Gasteiger partial charge in [0.2, 0.25) is 10.0 Å². The molecule has 0 aliphatic heterocycles. The lowest BCUT2D eigenvalue weighted by Gasteiger charge is -2.27. The van der Waals surface area contributed by atoms with E-state index in [0.717, 1.165) is 11.1 Å². The molecule has 1 unspecified atom stereocenters. The average Bonchev–Trinajstić information content (AvgIpc) is 2.61. The number of benzene rings is 2. The molecule has 0 spiro atoms. The molecule has 0 saturated heterocycles. The molecule has 0 bridgehead atoms. The summed E-state index contributed by atoms with van der Waals surface area (Å²) in [7, 11) is -0.247. The Bertz CT molecular complexity index is 1030. The molecule has 1 atom stereocenters. The quantitative estimate of drug-likeness (QED) is 0.648. The summed E-state index contributed by atoms with van der Waals surface area (Å²) in [5.41, 5.74) is -0.414. The van der Waals surface area contributed by atoms with E-state index in [9.17, 15) is 13.2 Å². The van der Waals surface area contributed by atoms with Crippen LogP contribution in [0.25, 0.3) is 10.8 Å². The molecule has 0 heterocycles. The molecule has 0 radical (unpaired) electrons. The SMILES string of the molecule is CN(C)c1cccc2c(S(=O)(=O)NC(COC(C)(C)C)C(=O)OC(C)(C)C)cccc12. The van der Waals surface area contributed by atoms with Gasteiger partial charge in [-0.2, -0.15) is 4.72 Å². The number of nitrogens with one attached hydrogen (secondary N) is 1. The second-order valence-electron chi connectivity index (χ2n) is 9.65. The van der Waals surface area contributed by atoms with Crippen molar-refractivity contribution in [2.24, 2.45) is 0 Å². The number of ether oxygens (including phenoxy) is 2. The average molecular weight is 451 g/mol. The zero-order chi connectivity index (χ0) is 23.6. The van der Waals surface area contributed by atoms with E-state index in [0.29, 0.717) is 5.39 Å². The second-order valence-corrected chi connectivity index (χ2v) is 11.3. The molecule has 2 aromatic carbocycles. The van der Waals surface area contributed by atoms with E-state index in [4.69, 9.17) is 9.47 Å². The second kappa shape index (κ2) is 9.14. The number of rotatable bonds is 7. The molecule has 1 N–H and O–H groups in total. The molecule has 0 fully saturated rings. The minimum atomic E-state index is -4.05. The van der Waals surface area contributed by atoms with Crippen LogP contribution in [0.15, 0.2) is 41.3 Å². The number of carbonyl (C=O) groups excluding carboxylic acids is 1. The minimum absolute atomic E-state index is 0.0954. The number of fused-ring (bicyclic) bond motifs is 1. The summed E-state index contributed by atoms with van der Waals surface area (Å²) in [5, 5.41) is 1.37. The van der Waals surface area contributed by atoms with E-state index >= 15 is 0 Å². The zero-order valence-electron chi connectivity index (χ0n) is 19.6. The number of carbonyl (C=O) groups is 1. The molecular weight excluding hydrogens is 416 g/mol. The fraction of sp³-hybridized carbons (Fsp3) is 0.522. The number of esters is 1. The van der Waals surface area contributed by atoms with Gasteiger partial charge in [-0.15, -0.1) is 0 Å². The minimum Gasteiger partial charge on any atom is -0.459 e. The van der Waals surface area contributed by atoms with Crippen molar-refractivity contribution in [2.75, 3.05) is 25.6 Å². The van der Waals surface area contributed by atoms with E-state index in [2.05, 4.69) is 4.72 Å². The lowest BCUT2D eigenvalue weighted by molar-refractivity contribution is -0.159. The third-order valence-corrected chi connectivity index (χ3v) is 5.83. The van der Waals surface area contributed by atoms with Gasteiger partial charge in [-0.25, -0.2) is 8.42 Å². The van der Waals surface area contributed by atoms with Gasteiger partial charge in [0.1, 0.15) is 11.6 Å². The number of nitrogens with zero attached hydrogens (tertiary/aromatic N) is 1. The van der Waals surface area contributed by atoms with Crippen molar-refractivity contribution >= 4 is 32.5 Å². The van der Waals surface area contributed by atoms with E-state index in [1.54, 1.807) is 32.9 Å². The lowest BCUT2D eigenvalue weighted by atomic mass is 10.1. The van der Waals surface area contributed by atoms with Crippen LogP contribution in [0, 0.1) is 0 Å². The third kappa shape index (κ3) is 6.92. The van der Waals surface area contributed by atoms with Gasteiger partial charge in [-0.05, 0) is 53.7 Å². The molecule has 8 heteroatoms. The molecule has 0 aliphatic rings. The molecule has 7 nitrogen and oxygen atoms in total. The predicted octanol–water partition coefficient (Wildman–Crippen LogP) is 3.71. The lowest BCUT2D eigenvalue weighted by Crippen LogP contribution is -2.48. The van der Waals surface area contributed by atoms with Gasteiger partial charge in [-0.1, -0.05) is 24.3 Å². The number of hydrogen-bond donors (Lipinski definition) is 1. The molecule has 31 heavy (non-hydrogen) atoms. The first-order chi connectivity index (χ1) is 14.1. The fourth-order valence-electron chi connectivity index (χ4n) is 3.00. The first kappa shape index (κ1) is 25.1. The maximum Gasteiger partial charge on any atom is 0.327 e. The van der Waals surface area contributed by atoms with Gasteiger partial charge < -0.3 is 14.4 Å². The monoisotopic (exact) mass is 450 g/mol. The van der Waals surface area contributed by atoms with E-state index in [1.165, 1.54) is 6.07 Å². The normalized spacial score (nSPS) is 13.8. The van der Waals surface area contributed by atoms with Crippen molar-refractivity contribution in [2.45, 2.75) is 63.7 Å². The van der Waals surface area contributed by atoms with Crippen molar-refractivity contribution in [3.63, 3.8) is 0 Å². The summed E-state index contributed by atoms with van der Waals surface area (Å²) in [4.78, 5) is 14.8. The van der Waals surface area contributed by atoms with Gasteiger partial charge in [0.15, 0.2) is 0 Å². The Morgan fingerprint density at radius 2 is 1.55 bits per heavy atom. The van der Waals surface area contributed by atoms with Crippen molar-refractivity contribution in [1.82, 2.24) is 4.72 Å². The topological polar surface area (TPSA) is 84.9 Å². The van der Waals surface area contributed by atoms with Crippen LogP contribution in [0.5, 0.6) is 0 Å². The maximum atomic E-state index is 13.3. The summed E-state index contributed by atoms with van der Waals surface area (Å²) in [6.07, 6.45) is 0. The van der Waals surface area contributed by atoms with Crippen LogP contribution >= 0.6 is 0 Å². The Balaban J connectivity index is 2.46. The van der Waals surface area contributed by atoms with Crippen LogP contribution in [0.1, 0.15) is 41.5 Å². The Morgan fingerprint density at radius 1 is 0.968 bits per heavy atom. The van der Waals surface area contributed by atoms with E-state index in [1.807, 2.05) is 58.0 Å². The highest BCUT2D eigenvalue weighted by Gasteiger charge is 2.32. The van der Waals surface area contributed by atoms with Crippen molar-refractivity contribution in [1.29, 1.82) is 0 Å². The maximum absolute atomic E-state index is 13.3. The van der Waals surface area contributed by atoms with E-state index < -0.39 is 33.2 Å². The summed E-state index contributed by atoms with van der Waals surface area (Å²) in [6, 6.07) is 9.40. The molecule has 0 aromatic heterocycles. The summed E-state index contributed by atoms with van der Waals surface area (Å²) in [5.74, 6) is -0.686. The number of anilines is 1. The molecule has 2 aromatic rings. The largest absolute Gasteiger partial charge is 0.459 e. The fourth-order valence-corrected chi connectivity index (χ4v) is 4.39. The van der Waals surface area contributed by atoms with Crippen molar-refractivity contribution in [3.05, 3.63) is 36.4 Å². The molecule has 2 rings (SSSR count). The first-order valence-electron chi connectivity index (χ1n) is 10.2. The van der Waals surface area contributed by atoms with Crippen LogP contribution < -0.4 is 9.62 Å². The van der Waals surface area contributed by atoms with Gasteiger partial charge in [-0.3, -0.25) is 4.79 Å². The summed E-state index contributed by atoms with van der Waals surface area (Å²) >= 11 is 0. The zero-order valence-corrected chi connectivity index (χ0v) is 20.5. The number of sulfonamides is 1. The van der Waals surface area contributed by atoms with Crippen molar-refractivity contribution < 1.29 is 22.7 Å².